The second-order valence-electron chi connectivity index (χ2n) is 4.89. The van der Waals surface area contributed by atoms with E-state index in [4.69, 9.17) is 4.74 Å². The van der Waals surface area contributed by atoms with Gasteiger partial charge in [0.1, 0.15) is 0 Å². The minimum absolute atomic E-state index is 0.114. The van der Waals surface area contributed by atoms with Gasteiger partial charge in [-0.15, -0.1) is 0 Å². The van der Waals surface area contributed by atoms with Crippen LogP contribution >= 0.6 is 0 Å². The molecule has 0 radical (unpaired) electrons. The molecular weight excluding hydrogens is 247 g/mol. The zero-order valence-electron chi connectivity index (χ0n) is 11.2. The third-order valence-electron chi connectivity index (χ3n) is 3.47. The van der Waals surface area contributed by atoms with E-state index in [1.54, 1.807) is 6.07 Å². The molecule has 1 aromatic rings. The topological polar surface area (TPSA) is 50.4 Å². The Hall–Kier alpha value is -1.62. The molecule has 0 saturated carbocycles. The maximum absolute atomic E-state index is 13.5. The number of amides is 1. The second-order valence-corrected chi connectivity index (χ2v) is 4.89. The molecule has 4 nitrogen and oxygen atoms in total. The van der Waals surface area contributed by atoms with Gasteiger partial charge in [0.2, 0.25) is 5.91 Å². The molecule has 0 bridgehead atoms. The minimum Gasteiger partial charge on any atom is -0.494 e. The van der Waals surface area contributed by atoms with Crippen LogP contribution in [-0.4, -0.2) is 25.6 Å². The van der Waals surface area contributed by atoms with Crippen LogP contribution in [-0.2, 0) is 4.79 Å². The number of ether oxygens (including phenoxy) is 1. The Kier molecular flexibility index (Phi) is 4.37. The number of methoxy groups -OCH3 is 1. The second kappa shape index (κ2) is 6.02. The van der Waals surface area contributed by atoms with Crippen LogP contribution in [0.5, 0.6) is 5.75 Å². The smallest absolute Gasteiger partial charge is 0.241 e. The molecule has 2 unspecified atom stereocenters. The van der Waals surface area contributed by atoms with Crippen LogP contribution in [0, 0.1) is 11.7 Å². The number of carbonyl (C=O) groups is 1. The number of piperidine rings is 1. The van der Waals surface area contributed by atoms with Gasteiger partial charge in [0, 0.05) is 11.8 Å². The zero-order chi connectivity index (χ0) is 13.8. The van der Waals surface area contributed by atoms with Crippen LogP contribution < -0.4 is 15.4 Å². The monoisotopic (exact) mass is 266 g/mol. The molecule has 104 valence electrons. The first kappa shape index (κ1) is 13.8. The summed E-state index contributed by atoms with van der Waals surface area (Å²) in [5.41, 5.74) is 0.447. The normalized spacial score (nSPS) is 22.9. The highest BCUT2D eigenvalue weighted by Gasteiger charge is 2.27. The van der Waals surface area contributed by atoms with Crippen LogP contribution in [0.15, 0.2) is 18.2 Å². The molecule has 5 heteroatoms. The lowest BCUT2D eigenvalue weighted by atomic mass is 9.92. The third-order valence-corrected chi connectivity index (χ3v) is 3.47. The number of carbonyl (C=O) groups excluding carboxylic acids is 1. The lowest BCUT2D eigenvalue weighted by Crippen LogP contribution is -2.48. The molecule has 2 N–H and O–H groups in total. The van der Waals surface area contributed by atoms with Gasteiger partial charge in [-0.1, -0.05) is 6.92 Å². The summed E-state index contributed by atoms with van der Waals surface area (Å²) in [4.78, 5) is 12.1. The van der Waals surface area contributed by atoms with E-state index in [1.165, 1.54) is 19.2 Å². The summed E-state index contributed by atoms with van der Waals surface area (Å²) >= 11 is 0. The Morgan fingerprint density at radius 3 is 2.95 bits per heavy atom. The van der Waals surface area contributed by atoms with Crippen molar-refractivity contribution in [3.8, 4) is 5.75 Å². The molecule has 0 spiro atoms. The largest absolute Gasteiger partial charge is 0.494 e. The van der Waals surface area contributed by atoms with Gasteiger partial charge in [0.05, 0.1) is 13.2 Å². The van der Waals surface area contributed by atoms with Crippen molar-refractivity contribution < 1.29 is 13.9 Å². The van der Waals surface area contributed by atoms with Gasteiger partial charge in [-0.05, 0) is 37.4 Å². The molecule has 1 fully saturated rings. The molecular formula is C14H19FN2O2. The summed E-state index contributed by atoms with van der Waals surface area (Å²) in [6.07, 6.45) is 2.12. The van der Waals surface area contributed by atoms with Crippen molar-refractivity contribution in [2.75, 3.05) is 19.0 Å². The Bertz CT molecular complexity index is 465. The van der Waals surface area contributed by atoms with E-state index in [9.17, 15) is 9.18 Å². The molecule has 1 saturated heterocycles. The number of benzene rings is 1. The minimum atomic E-state index is -0.482. The summed E-state index contributed by atoms with van der Waals surface area (Å²) in [7, 11) is 1.41. The van der Waals surface area contributed by atoms with Crippen molar-refractivity contribution in [3.05, 3.63) is 24.0 Å². The van der Waals surface area contributed by atoms with Gasteiger partial charge in [0.25, 0.3) is 0 Å². The van der Waals surface area contributed by atoms with E-state index in [-0.39, 0.29) is 23.6 Å². The first-order valence-corrected chi connectivity index (χ1v) is 6.49. The van der Waals surface area contributed by atoms with E-state index in [0.717, 1.165) is 19.4 Å². The van der Waals surface area contributed by atoms with Crippen molar-refractivity contribution in [1.29, 1.82) is 0 Å². The molecule has 0 aromatic heterocycles. The van der Waals surface area contributed by atoms with Gasteiger partial charge in [-0.25, -0.2) is 4.39 Å². The summed E-state index contributed by atoms with van der Waals surface area (Å²) < 4.78 is 18.4. The average Bonchev–Trinajstić information content (AvgIpc) is 2.39. The van der Waals surface area contributed by atoms with Crippen LogP contribution in [0.2, 0.25) is 0 Å². The van der Waals surface area contributed by atoms with Crippen molar-refractivity contribution in [2.24, 2.45) is 5.92 Å². The fraction of sp³-hybridized carbons (Fsp3) is 0.500. The Balaban J connectivity index is 2.04. The fourth-order valence-electron chi connectivity index (χ4n) is 2.36. The number of nitrogens with one attached hydrogen (secondary N) is 2. The van der Waals surface area contributed by atoms with Gasteiger partial charge in [-0.2, -0.15) is 0 Å². The van der Waals surface area contributed by atoms with Crippen LogP contribution in [0.1, 0.15) is 19.8 Å². The maximum atomic E-state index is 13.5. The maximum Gasteiger partial charge on any atom is 0.241 e. The Labute approximate surface area is 112 Å². The SMILES string of the molecule is COc1ccc(NC(=O)C2NCCCC2C)cc1F. The highest BCUT2D eigenvalue weighted by molar-refractivity contribution is 5.95. The number of rotatable bonds is 3. The van der Waals surface area contributed by atoms with Crippen molar-refractivity contribution >= 4 is 11.6 Å². The van der Waals surface area contributed by atoms with Crippen LogP contribution in [0.3, 0.4) is 0 Å². The van der Waals surface area contributed by atoms with E-state index in [2.05, 4.69) is 10.6 Å². The predicted octanol–water partition coefficient (Wildman–Crippen LogP) is 2.16. The molecule has 19 heavy (non-hydrogen) atoms. The first-order valence-electron chi connectivity index (χ1n) is 6.49. The molecule has 0 aliphatic carbocycles. The highest BCUT2D eigenvalue weighted by atomic mass is 19.1. The average molecular weight is 266 g/mol. The highest BCUT2D eigenvalue weighted by Crippen LogP contribution is 2.22. The molecule has 1 aliphatic heterocycles. The molecule has 2 atom stereocenters. The summed E-state index contributed by atoms with van der Waals surface area (Å²) in [5.74, 6) is -0.138. The van der Waals surface area contributed by atoms with Gasteiger partial charge in [0.15, 0.2) is 11.6 Å². The first-order chi connectivity index (χ1) is 9.11. The summed E-state index contributed by atoms with van der Waals surface area (Å²) in [6, 6.07) is 4.19. The van der Waals surface area contributed by atoms with Gasteiger partial charge < -0.3 is 15.4 Å². The fourth-order valence-corrected chi connectivity index (χ4v) is 2.36. The van der Waals surface area contributed by atoms with Crippen molar-refractivity contribution in [3.63, 3.8) is 0 Å². The van der Waals surface area contributed by atoms with Gasteiger partial charge in [-0.3, -0.25) is 4.79 Å². The molecule has 1 heterocycles. The zero-order valence-corrected chi connectivity index (χ0v) is 11.2. The van der Waals surface area contributed by atoms with Crippen LogP contribution in [0.4, 0.5) is 10.1 Å². The Morgan fingerprint density at radius 2 is 2.32 bits per heavy atom. The number of anilines is 1. The quantitative estimate of drug-likeness (QED) is 0.881. The third kappa shape index (κ3) is 3.23. The van der Waals surface area contributed by atoms with Crippen molar-refractivity contribution in [1.82, 2.24) is 5.32 Å². The summed E-state index contributed by atoms with van der Waals surface area (Å²) in [5, 5.41) is 5.93. The molecule has 1 aromatic carbocycles. The number of halogens is 1. The summed E-state index contributed by atoms with van der Waals surface area (Å²) in [6.45, 7) is 2.89. The van der Waals surface area contributed by atoms with E-state index in [1.807, 2.05) is 6.92 Å². The lowest BCUT2D eigenvalue weighted by Gasteiger charge is -2.28. The molecule has 1 amide bonds. The predicted molar refractivity (Wildman–Crippen MR) is 71.8 cm³/mol. The van der Waals surface area contributed by atoms with E-state index in [0.29, 0.717) is 5.69 Å². The van der Waals surface area contributed by atoms with Gasteiger partial charge >= 0.3 is 0 Å². The molecule has 2 rings (SSSR count). The standard InChI is InChI=1S/C14H19FN2O2/c1-9-4-3-7-16-13(9)14(18)17-10-5-6-12(19-2)11(15)8-10/h5-6,8-9,13,16H,3-4,7H2,1-2H3,(H,17,18). The van der Waals surface area contributed by atoms with E-state index >= 15 is 0 Å². The number of hydrogen-bond acceptors (Lipinski definition) is 3. The Morgan fingerprint density at radius 1 is 1.53 bits per heavy atom. The number of hydrogen-bond donors (Lipinski definition) is 2. The molecule has 1 aliphatic rings. The van der Waals surface area contributed by atoms with Crippen molar-refractivity contribution in [2.45, 2.75) is 25.8 Å². The van der Waals surface area contributed by atoms with E-state index < -0.39 is 5.82 Å². The lowest BCUT2D eigenvalue weighted by molar-refractivity contribution is -0.119. The van der Waals surface area contributed by atoms with Crippen LogP contribution in [0.25, 0.3) is 0 Å².